The molecule has 6 heteroatoms. The Bertz CT molecular complexity index is 375. The van der Waals surface area contributed by atoms with Gasteiger partial charge in [0.15, 0.2) is 5.82 Å². The normalized spacial score (nSPS) is 17.4. The van der Waals surface area contributed by atoms with Gasteiger partial charge in [-0.2, -0.15) is 4.98 Å². The summed E-state index contributed by atoms with van der Waals surface area (Å²) < 4.78 is 5.25. The SMILES string of the molecule is CNCCC1CCN(Cc2noc(C(C)C)n2)CC1.Cl. The lowest BCUT2D eigenvalue weighted by Gasteiger charge is -2.31. The summed E-state index contributed by atoms with van der Waals surface area (Å²) in [5.41, 5.74) is 0. The van der Waals surface area contributed by atoms with Crippen LogP contribution in [0.1, 0.15) is 50.7 Å². The van der Waals surface area contributed by atoms with Gasteiger partial charge in [-0.1, -0.05) is 19.0 Å². The van der Waals surface area contributed by atoms with Gasteiger partial charge in [-0.3, -0.25) is 4.90 Å². The molecule has 1 saturated heterocycles. The first-order valence-corrected chi connectivity index (χ1v) is 7.38. The smallest absolute Gasteiger partial charge is 0.229 e. The van der Waals surface area contributed by atoms with E-state index in [0.29, 0.717) is 5.92 Å². The van der Waals surface area contributed by atoms with E-state index in [4.69, 9.17) is 4.52 Å². The van der Waals surface area contributed by atoms with E-state index in [1.807, 2.05) is 7.05 Å². The van der Waals surface area contributed by atoms with Crippen LogP contribution in [-0.4, -0.2) is 41.7 Å². The summed E-state index contributed by atoms with van der Waals surface area (Å²) in [6.07, 6.45) is 3.87. The summed E-state index contributed by atoms with van der Waals surface area (Å²) in [4.78, 5) is 6.88. The molecule has 0 aromatic carbocycles. The zero-order valence-electron chi connectivity index (χ0n) is 12.8. The second-order valence-electron chi connectivity index (χ2n) is 5.82. The number of hydrogen-bond donors (Lipinski definition) is 1. The van der Waals surface area contributed by atoms with Crippen molar-refractivity contribution >= 4 is 12.4 Å². The molecule has 0 radical (unpaired) electrons. The van der Waals surface area contributed by atoms with Gasteiger partial charge in [0.05, 0.1) is 6.54 Å². The van der Waals surface area contributed by atoms with Crippen molar-refractivity contribution in [3.63, 3.8) is 0 Å². The van der Waals surface area contributed by atoms with E-state index in [1.165, 1.54) is 19.3 Å². The van der Waals surface area contributed by atoms with E-state index >= 15 is 0 Å². The number of halogens is 1. The van der Waals surface area contributed by atoms with Crippen LogP contribution in [0.2, 0.25) is 0 Å². The van der Waals surface area contributed by atoms with Gasteiger partial charge in [-0.05, 0) is 51.9 Å². The van der Waals surface area contributed by atoms with Gasteiger partial charge in [0.25, 0.3) is 0 Å². The van der Waals surface area contributed by atoms with E-state index in [0.717, 1.165) is 43.8 Å². The van der Waals surface area contributed by atoms with Crippen molar-refractivity contribution in [3.8, 4) is 0 Å². The Hall–Kier alpha value is -0.650. The molecule has 2 heterocycles. The van der Waals surface area contributed by atoms with Gasteiger partial charge in [0.2, 0.25) is 5.89 Å². The van der Waals surface area contributed by atoms with Crippen molar-refractivity contribution in [1.29, 1.82) is 0 Å². The average Bonchev–Trinajstić information content (AvgIpc) is 2.87. The highest BCUT2D eigenvalue weighted by Crippen LogP contribution is 2.21. The van der Waals surface area contributed by atoms with Gasteiger partial charge in [-0.25, -0.2) is 0 Å². The van der Waals surface area contributed by atoms with Crippen LogP contribution in [0.25, 0.3) is 0 Å². The molecule has 0 bridgehead atoms. The Kier molecular flexibility index (Phi) is 7.48. The molecule has 1 aromatic rings. The maximum Gasteiger partial charge on any atom is 0.229 e. The zero-order chi connectivity index (χ0) is 13.7. The molecule has 0 saturated carbocycles. The summed E-state index contributed by atoms with van der Waals surface area (Å²) >= 11 is 0. The second kappa shape index (κ2) is 8.60. The molecule has 0 spiro atoms. The fourth-order valence-electron chi connectivity index (χ4n) is 2.55. The highest BCUT2D eigenvalue weighted by molar-refractivity contribution is 5.85. The number of piperidine rings is 1. The molecular weight excluding hydrogens is 276 g/mol. The lowest BCUT2D eigenvalue weighted by Crippen LogP contribution is -2.34. The van der Waals surface area contributed by atoms with Crippen molar-refractivity contribution in [3.05, 3.63) is 11.7 Å². The van der Waals surface area contributed by atoms with Gasteiger partial charge in [0, 0.05) is 5.92 Å². The summed E-state index contributed by atoms with van der Waals surface area (Å²) in [6, 6.07) is 0. The van der Waals surface area contributed by atoms with Crippen molar-refractivity contribution in [2.24, 2.45) is 5.92 Å². The maximum atomic E-state index is 5.25. The molecule has 0 unspecified atom stereocenters. The van der Waals surface area contributed by atoms with Gasteiger partial charge < -0.3 is 9.84 Å². The molecular formula is C14H27ClN4O. The minimum atomic E-state index is 0. The van der Waals surface area contributed by atoms with Crippen LogP contribution in [0.5, 0.6) is 0 Å². The van der Waals surface area contributed by atoms with Crippen molar-refractivity contribution in [2.45, 2.75) is 45.6 Å². The Morgan fingerprint density at radius 2 is 2.05 bits per heavy atom. The molecule has 116 valence electrons. The first-order chi connectivity index (χ1) is 9.19. The summed E-state index contributed by atoms with van der Waals surface area (Å²) in [5, 5.41) is 7.30. The molecule has 5 nitrogen and oxygen atoms in total. The molecule has 2 rings (SSSR count). The van der Waals surface area contributed by atoms with Crippen LogP contribution >= 0.6 is 12.4 Å². The minimum Gasteiger partial charge on any atom is -0.339 e. The number of hydrogen-bond acceptors (Lipinski definition) is 5. The van der Waals surface area contributed by atoms with Gasteiger partial charge >= 0.3 is 0 Å². The topological polar surface area (TPSA) is 54.2 Å². The number of likely N-dealkylation sites (tertiary alicyclic amines) is 1. The van der Waals surface area contributed by atoms with Crippen molar-refractivity contribution < 1.29 is 4.52 Å². The second-order valence-corrected chi connectivity index (χ2v) is 5.82. The molecule has 1 aliphatic heterocycles. The van der Waals surface area contributed by atoms with E-state index in [-0.39, 0.29) is 12.4 Å². The number of rotatable bonds is 6. The Labute approximate surface area is 127 Å². The van der Waals surface area contributed by atoms with E-state index < -0.39 is 0 Å². The lowest BCUT2D eigenvalue weighted by molar-refractivity contribution is 0.167. The third-order valence-corrected chi connectivity index (χ3v) is 3.85. The predicted octanol–water partition coefficient (Wildman–Crippen LogP) is 2.44. The molecule has 1 aromatic heterocycles. The van der Waals surface area contributed by atoms with E-state index in [1.54, 1.807) is 0 Å². The van der Waals surface area contributed by atoms with Crippen LogP contribution in [0.4, 0.5) is 0 Å². The third-order valence-electron chi connectivity index (χ3n) is 3.85. The van der Waals surface area contributed by atoms with Crippen molar-refractivity contribution in [1.82, 2.24) is 20.4 Å². The van der Waals surface area contributed by atoms with Crippen LogP contribution in [-0.2, 0) is 6.54 Å². The van der Waals surface area contributed by atoms with Crippen molar-refractivity contribution in [2.75, 3.05) is 26.7 Å². The molecule has 20 heavy (non-hydrogen) atoms. The molecule has 1 fully saturated rings. The van der Waals surface area contributed by atoms with Crippen LogP contribution in [0, 0.1) is 5.92 Å². The number of nitrogens with zero attached hydrogens (tertiary/aromatic N) is 3. The van der Waals surface area contributed by atoms with E-state index in [9.17, 15) is 0 Å². The lowest BCUT2D eigenvalue weighted by atomic mass is 9.93. The number of aromatic nitrogens is 2. The summed E-state index contributed by atoms with van der Waals surface area (Å²) in [5.74, 6) is 2.77. The molecule has 0 atom stereocenters. The minimum absolute atomic E-state index is 0. The zero-order valence-corrected chi connectivity index (χ0v) is 13.6. The molecule has 1 N–H and O–H groups in total. The Morgan fingerprint density at radius 3 is 2.60 bits per heavy atom. The first-order valence-electron chi connectivity index (χ1n) is 7.38. The Morgan fingerprint density at radius 1 is 1.35 bits per heavy atom. The van der Waals surface area contributed by atoms with Crippen LogP contribution in [0.3, 0.4) is 0 Å². The fourth-order valence-corrected chi connectivity index (χ4v) is 2.55. The molecule has 0 aliphatic carbocycles. The van der Waals surface area contributed by atoms with E-state index in [2.05, 4.69) is 34.2 Å². The standard InChI is InChI=1S/C14H26N4O.ClH/c1-11(2)14-16-13(17-19-14)10-18-8-5-12(6-9-18)4-7-15-3;/h11-12,15H,4-10H2,1-3H3;1H. The summed E-state index contributed by atoms with van der Waals surface area (Å²) in [7, 11) is 2.03. The maximum absolute atomic E-state index is 5.25. The molecule has 0 amide bonds. The third kappa shape index (κ3) is 5.04. The highest BCUT2D eigenvalue weighted by atomic mass is 35.5. The first kappa shape index (κ1) is 17.4. The largest absolute Gasteiger partial charge is 0.339 e. The number of nitrogens with one attached hydrogen (secondary N) is 1. The molecule has 1 aliphatic rings. The fraction of sp³-hybridized carbons (Fsp3) is 0.857. The monoisotopic (exact) mass is 302 g/mol. The summed E-state index contributed by atoms with van der Waals surface area (Å²) in [6.45, 7) is 8.41. The highest BCUT2D eigenvalue weighted by Gasteiger charge is 2.20. The van der Waals surface area contributed by atoms with Crippen LogP contribution in [0.15, 0.2) is 4.52 Å². The Balaban J connectivity index is 0.00000200. The average molecular weight is 303 g/mol. The quantitative estimate of drug-likeness (QED) is 0.875. The van der Waals surface area contributed by atoms with Gasteiger partial charge in [-0.15, -0.1) is 12.4 Å². The van der Waals surface area contributed by atoms with Gasteiger partial charge in [0.1, 0.15) is 0 Å². The van der Waals surface area contributed by atoms with Crippen LogP contribution < -0.4 is 5.32 Å². The predicted molar refractivity (Wildman–Crippen MR) is 82.2 cm³/mol.